The lowest BCUT2D eigenvalue weighted by Gasteiger charge is -2.13. The molecule has 1 rings (SSSR count). The summed E-state index contributed by atoms with van der Waals surface area (Å²) in [5, 5.41) is 0. The molecule has 0 aliphatic heterocycles. The Kier molecular flexibility index (Phi) is 5.37. The van der Waals surface area contributed by atoms with Crippen LogP contribution in [-0.2, 0) is 19.6 Å². The number of aryl methyl sites for hydroxylation is 2. The number of carbonyl (C=O) groups is 1. The van der Waals surface area contributed by atoms with Crippen LogP contribution in [0.5, 0.6) is 0 Å². The maximum atomic E-state index is 11.9. The quantitative estimate of drug-likeness (QED) is 0.828. The van der Waals surface area contributed by atoms with Gasteiger partial charge in [-0.15, -0.1) is 0 Å². The molecule has 0 radical (unpaired) electrons. The fraction of sp³-hybridized carbons (Fsp3) is 0.417. The molecule has 19 heavy (non-hydrogen) atoms. The van der Waals surface area contributed by atoms with Crippen LogP contribution in [-0.4, -0.2) is 26.7 Å². The second-order valence-electron chi connectivity index (χ2n) is 4.08. The predicted octanol–water partition coefficient (Wildman–Crippen LogP) is 2.37. The average Bonchev–Trinajstić information content (AvgIpc) is 2.23. The molecule has 0 amide bonds. The number of esters is 1. The second kappa shape index (κ2) is 6.38. The lowest BCUT2D eigenvalue weighted by molar-refractivity contribution is -0.139. The molecule has 1 aromatic rings. The van der Waals surface area contributed by atoms with Crippen LogP contribution in [0, 0.1) is 13.8 Å². The highest BCUT2D eigenvalue weighted by atomic mass is 79.9. The first-order valence-electron chi connectivity index (χ1n) is 5.68. The van der Waals surface area contributed by atoms with Gasteiger partial charge in [-0.1, -0.05) is 15.9 Å². The van der Waals surface area contributed by atoms with Crippen molar-refractivity contribution in [2.45, 2.75) is 20.8 Å². The van der Waals surface area contributed by atoms with Gasteiger partial charge in [0, 0.05) is 4.47 Å². The Morgan fingerprint density at radius 2 is 1.84 bits per heavy atom. The summed E-state index contributed by atoms with van der Waals surface area (Å²) in [5.74, 6) is -1.45. The van der Waals surface area contributed by atoms with Gasteiger partial charge in [0.25, 0.3) is 0 Å². The van der Waals surface area contributed by atoms with E-state index in [0.717, 1.165) is 15.6 Å². The maximum absolute atomic E-state index is 11.9. The van der Waals surface area contributed by atoms with Crippen LogP contribution < -0.4 is 4.72 Å². The summed E-state index contributed by atoms with van der Waals surface area (Å²) in [6.45, 7) is 5.37. The van der Waals surface area contributed by atoms with E-state index < -0.39 is 21.7 Å². The highest BCUT2D eigenvalue weighted by Crippen LogP contribution is 2.25. The van der Waals surface area contributed by atoms with Crippen molar-refractivity contribution in [1.82, 2.24) is 0 Å². The zero-order valence-electron chi connectivity index (χ0n) is 11.0. The Hall–Kier alpha value is -1.08. The summed E-state index contributed by atoms with van der Waals surface area (Å²) in [6, 6.07) is 3.60. The third-order valence-corrected chi connectivity index (χ3v) is 3.96. The molecule has 0 spiro atoms. The smallest absolute Gasteiger partial charge is 0.323 e. The topological polar surface area (TPSA) is 72.5 Å². The van der Waals surface area contributed by atoms with E-state index in [4.69, 9.17) is 0 Å². The number of benzene rings is 1. The third-order valence-electron chi connectivity index (χ3n) is 2.37. The standard InChI is InChI=1S/C12H16BrNO4S/c1-4-18-11(15)7-19(16,17)14-12-8(2)5-10(13)6-9(12)3/h5-6,14H,4,7H2,1-3H3. The molecule has 0 saturated carbocycles. The molecular formula is C12H16BrNO4S. The monoisotopic (exact) mass is 349 g/mol. The summed E-state index contributed by atoms with van der Waals surface area (Å²) in [6.07, 6.45) is 0. The number of rotatable bonds is 5. The zero-order chi connectivity index (χ0) is 14.6. The number of anilines is 1. The van der Waals surface area contributed by atoms with E-state index in [1.165, 1.54) is 0 Å². The Bertz CT molecular complexity index is 560. The van der Waals surface area contributed by atoms with Gasteiger partial charge in [0.15, 0.2) is 5.75 Å². The van der Waals surface area contributed by atoms with Gasteiger partial charge in [0.1, 0.15) is 0 Å². The Balaban J connectivity index is 2.93. The van der Waals surface area contributed by atoms with Gasteiger partial charge >= 0.3 is 5.97 Å². The fourth-order valence-electron chi connectivity index (χ4n) is 1.62. The summed E-state index contributed by atoms with van der Waals surface area (Å²) < 4.78 is 31.6. The molecule has 0 aliphatic carbocycles. The van der Waals surface area contributed by atoms with E-state index in [1.807, 2.05) is 0 Å². The number of hydrogen-bond donors (Lipinski definition) is 1. The number of carbonyl (C=O) groups excluding carboxylic acids is 1. The van der Waals surface area contributed by atoms with Crippen molar-refractivity contribution in [3.63, 3.8) is 0 Å². The van der Waals surface area contributed by atoms with Crippen molar-refractivity contribution in [1.29, 1.82) is 0 Å². The fourth-order valence-corrected chi connectivity index (χ4v) is 3.41. The lowest BCUT2D eigenvalue weighted by atomic mass is 10.1. The van der Waals surface area contributed by atoms with Crippen molar-refractivity contribution in [3.05, 3.63) is 27.7 Å². The van der Waals surface area contributed by atoms with Crippen LogP contribution in [0.25, 0.3) is 0 Å². The molecule has 0 fully saturated rings. The summed E-state index contributed by atoms with van der Waals surface area (Å²) in [7, 11) is -3.75. The van der Waals surface area contributed by atoms with E-state index in [9.17, 15) is 13.2 Å². The van der Waals surface area contributed by atoms with Gasteiger partial charge in [-0.3, -0.25) is 9.52 Å². The molecule has 0 atom stereocenters. The minimum absolute atomic E-state index is 0.157. The second-order valence-corrected chi connectivity index (χ2v) is 6.72. The number of halogens is 1. The molecule has 1 N–H and O–H groups in total. The normalized spacial score (nSPS) is 11.2. The molecule has 5 nitrogen and oxygen atoms in total. The highest BCUT2D eigenvalue weighted by Gasteiger charge is 2.19. The van der Waals surface area contributed by atoms with Gasteiger partial charge in [-0.05, 0) is 44.0 Å². The largest absolute Gasteiger partial charge is 0.465 e. The number of nitrogens with one attached hydrogen (secondary N) is 1. The van der Waals surface area contributed by atoms with Gasteiger partial charge in [0.2, 0.25) is 10.0 Å². The van der Waals surface area contributed by atoms with Crippen LogP contribution in [0.2, 0.25) is 0 Å². The third kappa shape index (κ3) is 4.83. The molecule has 7 heteroatoms. The maximum Gasteiger partial charge on any atom is 0.323 e. The van der Waals surface area contributed by atoms with Crippen LogP contribution in [0.3, 0.4) is 0 Å². The van der Waals surface area contributed by atoms with Crippen molar-refractivity contribution >= 4 is 37.6 Å². The van der Waals surface area contributed by atoms with Crippen LogP contribution >= 0.6 is 15.9 Å². The molecule has 0 bridgehead atoms. The van der Waals surface area contributed by atoms with E-state index in [2.05, 4.69) is 25.4 Å². The van der Waals surface area contributed by atoms with E-state index in [-0.39, 0.29) is 6.61 Å². The summed E-state index contributed by atoms with van der Waals surface area (Å²) in [5.41, 5.74) is 2.05. The first-order chi connectivity index (χ1) is 8.75. The molecule has 0 heterocycles. The number of sulfonamides is 1. The van der Waals surface area contributed by atoms with Crippen molar-refractivity contribution in [2.75, 3.05) is 17.1 Å². The van der Waals surface area contributed by atoms with Crippen molar-refractivity contribution in [3.8, 4) is 0 Å². The van der Waals surface area contributed by atoms with E-state index in [1.54, 1.807) is 32.9 Å². The number of hydrogen-bond acceptors (Lipinski definition) is 4. The first kappa shape index (κ1) is 16.0. The molecule has 106 valence electrons. The molecule has 0 aliphatic rings. The van der Waals surface area contributed by atoms with Gasteiger partial charge in [-0.2, -0.15) is 0 Å². The van der Waals surface area contributed by atoms with Gasteiger partial charge in [-0.25, -0.2) is 8.42 Å². The SMILES string of the molecule is CCOC(=O)CS(=O)(=O)Nc1c(C)cc(Br)cc1C. The average molecular weight is 350 g/mol. The minimum atomic E-state index is -3.75. The van der Waals surface area contributed by atoms with Crippen LogP contribution in [0.1, 0.15) is 18.1 Å². The minimum Gasteiger partial charge on any atom is -0.465 e. The van der Waals surface area contributed by atoms with E-state index in [0.29, 0.717) is 5.69 Å². The zero-order valence-corrected chi connectivity index (χ0v) is 13.4. The lowest BCUT2D eigenvalue weighted by Crippen LogP contribution is -2.25. The van der Waals surface area contributed by atoms with Crippen molar-refractivity contribution in [2.24, 2.45) is 0 Å². The molecule has 0 saturated heterocycles. The van der Waals surface area contributed by atoms with Gasteiger partial charge in [0.05, 0.1) is 12.3 Å². The molecule has 0 aromatic heterocycles. The summed E-state index contributed by atoms with van der Waals surface area (Å²) >= 11 is 3.34. The predicted molar refractivity (Wildman–Crippen MR) is 77.7 cm³/mol. The van der Waals surface area contributed by atoms with Gasteiger partial charge < -0.3 is 4.74 Å². The Morgan fingerprint density at radius 1 is 1.32 bits per heavy atom. The first-order valence-corrected chi connectivity index (χ1v) is 8.12. The van der Waals surface area contributed by atoms with Crippen LogP contribution in [0.15, 0.2) is 16.6 Å². The number of ether oxygens (including phenoxy) is 1. The van der Waals surface area contributed by atoms with Crippen molar-refractivity contribution < 1.29 is 17.9 Å². The summed E-state index contributed by atoms with van der Waals surface area (Å²) in [4.78, 5) is 11.2. The Morgan fingerprint density at radius 3 is 2.32 bits per heavy atom. The van der Waals surface area contributed by atoms with Crippen LogP contribution in [0.4, 0.5) is 5.69 Å². The highest BCUT2D eigenvalue weighted by molar-refractivity contribution is 9.10. The molecule has 0 unspecified atom stereocenters. The molecule has 1 aromatic carbocycles. The molecular weight excluding hydrogens is 334 g/mol. The van der Waals surface area contributed by atoms with E-state index >= 15 is 0 Å². The Labute approximate surface area is 121 Å².